The van der Waals surface area contributed by atoms with Crippen molar-refractivity contribution in [3.05, 3.63) is 18.2 Å². The fraction of sp³-hybridized carbons (Fsp3) is 0.538. The van der Waals surface area contributed by atoms with Gasteiger partial charge in [0, 0.05) is 7.05 Å². The molecule has 0 bridgehead atoms. The molecular formula is C13H17N3O3S2. The third-order valence-electron chi connectivity index (χ3n) is 4.07. The molecule has 1 heterocycles. The first-order chi connectivity index (χ1) is 10.0. The van der Waals surface area contributed by atoms with Crippen molar-refractivity contribution < 1.29 is 13.5 Å². The van der Waals surface area contributed by atoms with Crippen molar-refractivity contribution in [1.29, 1.82) is 0 Å². The van der Waals surface area contributed by atoms with Gasteiger partial charge in [0.05, 0.1) is 23.5 Å². The number of fused-ring (bicyclic) bond motifs is 1. The molecule has 0 radical (unpaired) electrons. The van der Waals surface area contributed by atoms with Crippen LogP contribution in [0.25, 0.3) is 0 Å². The largest absolute Gasteiger partial charge is 0.391 e. The Morgan fingerprint density at radius 2 is 2.05 bits per heavy atom. The highest BCUT2D eigenvalue weighted by Gasteiger charge is 2.36. The van der Waals surface area contributed by atoms with Crippen LogP contribution in [-0.2, 0) is 21.4 Å². The first-order valence-electron chi connectivity index (χ1n) is 6.89. The molecule has 8 heteroatoms. The van der Waals surface area contributed by atoms with Crippen LogP contribution in [0.1, 0.15) is 25.7 Å². The van der Waals surface area contributed by atoms with Gasteiger partial charge in [-0.25, -0.2) is 8.42 Å². The monoisotopic (exact) mass is 327 g/mol. The molecule has 2 atom stereocenters. The first-order valence-corrected chi connectivity index (χ1v) is 9.06. The van der Waals surface area contributed by atoms with Gasteiger partial charge in [-0.2, -0.15) is 13.0 Å². The van der Waals surface area contributed by atoms with Crippen LogP contribution < -0.4 is 0 Å². The van der Waals surface area contributed by atoms with E-state index in [0.717, 1.165) is 24.2 Å². The number of hydrogen-bond acceptors (Lipinski definition) is 5. The Hall–Kier alpha value is -1.09. The van der Waals surface area contributed by atoms with E-state index in [-0.39, 0.29) is 10.9 Å². The molecule has 1 aliphatic heterocycles. The highest BCUT2D eigenvalue weighted by molar-refractivity contribution is 7.89. The number of sulfonamides is 1. The average Bonchev–Trinajstić information content (AvgIpc) is 2.95. The molecule has 1 aliphatic carbocycles. The van der Waals surface area contributed by atoms with Crippen LogP contribution in [0.5, 0.6) is 0 Å². The zero-order valence-corrected chi connectivity index (χ0v) is 13.3. The fourth-order valence-electron chi connectivity index (χ4n) is 2.84. The Kier molecular flexibility index (Phi) is 3.96. The summed E-state index contributed by atoms with van der Waals surface area (Å²) in [6, 6.07) is 4.59. The third-order valence-corrected chi connectivity index (χ3v) is 6.52. The minimum atomic E-state index is -3.69. The normalized spacial score (nSPS) is 24.9. The van der Waals surface area contributed by atoms with E-state index in [9.17, 15) is 13.5 Å². The molecule has 1 aromatic carbocycles. The van der Waals surface area contributed by atoms with Crippen LogP contribution in [0.2, 0.25) is 0 Å². The van der Waals surface area contributed by atoms with Crippen molar-refractivity contribution >= 4 is 32.8 Å². The maximum atomic E-state index is 12.8. The summed E-state index contributed by atoms with van der Waals surface area (Å²) < 4.78 is 35.1. The second-order valence-corrected chi connectivity index (χ2v) is 7.82. The molecule has 6 nitrogen and oxygen atoms in total. The van der Waals surface area contributed by atoms with Crippen LogP contribution >= 0.6 is 0 Å². The van der Waals surface area contributed by atoms with E-state index >= 15 is 0 Å². The van der Waals surface area contributed by atoms with E-state index in [1.54, 1.807) is 18.2 Å². The molecule has 3 rings (SSSR count). The summed E-state index contributed by atoms with van der Waals surface area (Å²) in [5.41, 5.74) is 0.985. The van der Waals surface area contributed by atoms with Crippen molar-refractivity contribution in [1.82, 2.24) is 4.31 Å². The minimum absolute atomic E-state index is 0.161. The van der Waals surface area contributed by atoms with Crippen LogP contribution in [-0.4, -0.2) is 37.0 Å². The molecule has 114 valence electrons. The fourth-order valence-corrected chi connectivity index (χ4v) is 5.00. The molecule has 2 unspecified atom stereocenters. The zero-order valence-electron chi connectivity index (χ0n) is 11.6. The highest BCUT2D eigenvalue weighted by Crippen LogP contribution is 2.39. The van der Waals surface area contributed by atoms with E-state index < -0.39 is 16.1 Å². The molecule has 0 spiro atoms. The summed E-state index contributed by atoms with van der Waals surface area (Å²) in [4.78, 5) is 0.161. The summed E-state index contributed by atoms with van der Waals surface area (Å²) in [5.74, 6) is 0. The summed E-state index contributed by atoms with van der Waals surface area (Å²) in [6.45, 7) is 0. The van der Waals surface area contributed by atoms with Crippen molar-refractivity contribution in [2.24, 2.45) is 8.73 Å². The lowest BCUT2D eigenvalue weighted by molar-refractivity contribution is 0.0638. The lowest BCUT2D eigenvalue weighted by Gasteiger charge is -2.34. The van der Waals surface area contributed by atoms with Gasteiger partial charge in [-0.1, -0.05) is 18.9 Å². The van der Waals surface area contributed by atoms with Crippen LogP contribution in [0.3, 0.4) is 0 Å². The van der Waals surface area contributed by atoms with Gasteiger partial charge >= 0.3 is 0 Å². The van der Waals surface area contributed by atoms with Crippen LogP contribution in [0.4, 0.5) is 11.4 Å². The number of aliphatic hydroxyl groups excluding tert-OH is 1. The van der Waals surface area contributed by atoms with Crippen LogP contribution in [0, 0.1) is 0 Å². The molecule has 2 aliphatic rings. The summed E-state index contributed by atoms with van der Waals surface area (Å²) in [6.07, 6.45) is 2.60. The summed E-state index contributed by atoms with van der Waals surface area (Å²) >= 11 is 0.999. The Balaban J connectivity index is 1.98. The van der Waals surface area contributed by atoms with Crippen molar-refractivity contribution in [2.45, 2.75) is 42.7 Å². The van der Waals surface area contributed by atoms with E-state index in [4.69, 9.17) is 0 Å². The maximum Gasteiger partial charge on any atom is 0.245 e. The van der Waals surface area contributed by atoms with Gasteiger partial charge in [0.15, 0.2) is 0 Å². The number of aliphatic hydroxyl groups is 1. The molecule has 1 fully saturated rings. The number of benzene rings is 1. The number of hydrogen-bond donors (Lipinski definition) is 1. The standard InChI is InChI=1S/C13H17N3O3S2/c1-16(10-6-2-3-7-11(10)17)21(18,19)12-8-4-5-9-13(12)15-20-14-9/h4-5,8,10-11,17H,2-3,6-7H2,1H3. The van der Waals surface area contributed by atoms with Crippen LogP contribution in [0.15, 0.2) is 31.8 Å². The van der Waals surface area contributed by atoms with Gasteiger partial charge in [0.25, 0.3) is 0 Å². The number of rotatable bonds is 3. The molecule has 0 aromatic heterocycles. The maximum absolute atomic E-state index is 12.8. The Morgan fingerprint density at radius 1 is 1.29 bits per heavy atom. The molecule has 1 aromatic rings. The molecule has 0 amide bonds. The highest BCUT2D eigenvalue weighted by atomic mass is 32.2. The third kappa shape index (κ3) is 2.57. The summed E-state index contributed by atoms with van der Waals surface area (Å²) in [5, 5.41) is 10.1. The van der Waals surface area contributed by atoms with Crippen molar-refractivity contribution in [2.75, 3.05) is 7.05 Å². The molecule has 1 saturated carbocycles. The molecular weight excluding hydrogens is 310 g/mol. The van der Waals surface area contributed by atoms with Gasteiger partial charge in [0.1, 0.15) is 16.3 Å². The Labute approximate surface area is 127 Å². The zero-order chi connectivity index (χ0) is 15.0. The van der Waals surface area contributed by atoms with Crippen molar-refractivity contribution in [3.63, 3.8) is 0 Å². The first kappa shape index (κ1) is 14.8. The molecule has 21 heavy (non-hydrogen) atoms. The summed E-state index contributed by atoms with van der Waals surface area (Å²) in [7, 11) is -2.16. The van der Waals surface area contributed by atoms with Gasteiger partial charge in [-0.05, 0) is 25.0 Å². The van der Waals surface area contributed by atoms with Crippen molar-refractivity contribution in [3.8, 4) is 0 Å². The van der Waals surface area contributed by atoms with E-state index in [2.05, 4.69) is 8.73 Å². The lowest BCUT2D eigenvalue weighted by atomic mass is 9.93. The van der Waals surface area contributed by atoms with E-state index in [0.29, 0.717) is 24.2 Å². The second kappa shape index (κ2) is 5.60. The quantitative estimate of drug-likeness (QED) is 0.939. The van der Waals surface area contributed by atoms with Gasteiger partial charge in [-0.3, -0.25) is 0 Å². The smallest absolute Gasteiger partial charge is 0.245 e. The van der Waals surface area contributed by atoms with Gasteiger partial charge < -0.3 is 5.11 Å². The van der Waals surface area contributed by atoms with Gasteiger partial charge in [0.2, 0.25) is 10.0 Å². The topological polar surface area (TPSA) is 82.3 Å². The average molecular weight is 327 g/mol. The predicted molar refractivity (Wildman–Crippen MR) is 81.2 cm³/mol. The number of nitrogens with zero attached hydrogens (tertiary/aromatic N) is 3. The van der Waals surface area contributed by atoms with E-state index in [1.807, 2.05) is 0 Å². The SMILES string of the molecule is CN(C1CCCCC1O)S(=O)(=O)c1cccc2c1N=S=N2. The minimum Gasteiger partial charge on any atom is -0.391 e. The van der Waals surface area contributed by atoms with E-state index in [1.165, 1.54) is 11.4 Å². The Morgan fingerprint density at radius 3 is 2.81 bits per heavy atom. The van der Waals surface area contributed by atoms with Gasteiger partial charge in [-0.15, -0.1) is 0 Å². The molecule has 0 saturated heterocycles. The second-order valence-electron chi connectivity index (χ2n) is 5.33. The molecule has 1 N–H and O–H groups in total. The number of likely N-dealkylation sites (N-methyl/N-ethyl adjacent to an activating group) is 1. The Bertz CT molecular complexity index is 726. The lowest BCUT2D eigenvalue weighted by Crippen LogP contribution is -2.46. The predicted octanol–water partition coefficient (Wildman–Crippen LogP) is 2.34.